The van der Waals surface area contributed by atoms with Crippen molar-refractivity contribution in [2.45, 2.75) is 64.3 Å². The highest BCUT2D eigenvalue weighted by molar-refractivity contribution is 5.92. The first kappa shape index (κ1) is 21.5. The quantitative estimate of drug-likeness (QED) is 0.444. The lowest BCUT2D eigenvalue weighted by Gasteiger charge is -2.29. The van der Waals surface area contributed by atoms with Crippen molar-refractivity contribution in [3.05, 3.63) is 47.9 Å². The number of fused-ring (bicyclic) bond motifs is 2. The number of aromatic nitrogens is 4. The molecule has 1 saturated carbocycles. The maximum absolute atomic E-state index is 11.4. The first-order valence-corrected chi connectivity index (χ1v) is 11.7. The third kappa shape index (κ3) is 3.96. The van der Waals surface area contributed by atoms with Crippen LogP contribution in [0.2, 0.25) is 0 Å². The van der Waals surface area contributed by atoms with Gasteiger partial charge in [-0.05, 0) is 66.8 Å². The predicted molar refractivity (Wildman–Crippen MR) is 130 cm³/mol. The molecule has 7 nitrogen and oxygen atoms in total. The number of pyridine rings is 1. The van der Waals surface area contributed by atoms with E-state index in [1.165, 1.54) is 16.5 Å². The highest BCUT2D eigenvalue weighted by atomic mass is 16.5. The van der Waals surface area contributed by atoms with Gasteiger partial charge >= 0.3 is 0 Å². The van der Waals surface area contributed by atoms with Crippen molar-refractivity contribution in [3.63, 3.8) is 0 Å². The van der Waals surface area contributed by atoms with Gasteiger partial charge < -0.3 is 15.0 Å². The second-order valence-corrected chi connectivity index (χ2v) is 9.45. The molecule has 0 radical (unpaired) electrons. The molecule has 3 heterocycles. The number of nitrogens with zero attached hydrogens (tertiary/aromatic N) is 3. The molecule has 1 fully saturated rings. The van der Waals surface area contributed by atoms with Crippen molar-refractivity contribution in [1.82, 2.24) is 24.9 Å². The molecule has 0 atom stereocenters. The molecule has 5 rings (SSSR count). The normalized spacial score (nSPS) is 18.8. The van der Waals surface area contributed by atoms with Crippen LogP contribution >= 0.6 is 0 Å². The Labute approximate surface area is 193 Å². The van der Waals surface area contributed by atoms with Crippen LogP contribution in [0.25, 0.3) is 27.8 Å². The number of H-pyrrole nitrogens is 1. The third-order valence-electron chi connectivity index (χ3n) is 6.90. The van der Waals surface area contributed by atoms with Crippen LogP contribution in [0.15, 0.2) is 36.8 Å². The Bertz CT molecular complexity index is 1310. The summed E-state index contributed by atoms with van der Waals surface area (Å²) < 4.78 is 7.36. The maximum atomic E-state index is 11.4. The highest BCUT2D eigenvalue weighted by Crippen LogP contribution is 2.40. The largest absolute Gasteiger partial charge is 0.493 e. The van der Waals surface area contributed by atoms with E-state index in [9.17, 15) is 4.79 Å². The van der Waals surface area contributed by atoms with Gasteiger partial charge in [-0.15, -0.1) is 0 Å². The van der Waals surface area contributed by atoms with E-state index in [-0.39, 0.29) is 5.91 Å². The molecule has 7 heteroatoms. The molecule has 1 aliphatic rings. The average molecular weight is 446 g/mol. The van der Waals surface area contributed by atoms with E-state index in [0.29, 0.717) is 29.3 Å². The summed E-state index contributed by atoms with van der Waals surface area (Å²) >= 11 is 0. The summed E-state index contributed by atoms with van der Waals surface area (Å²) in [6.45, 7) is 6.08. The minimum atomic E-state index is 0.0713. The van der Waals surface area contributed by atoms with E-state index in [1.54, 1.807) is 24.9 Å². The summed E-state index contributed by atoms with van der Waals surface area (Å²) in [5.74, 6) is 1.65. The Morgan fingerprint density at radius 2 is 2.00 bits per heavy atom. The molecule has 2 N–H and O–H groups in total. The van der Waals surface area contributed by atoms with E-state index in [2.05, 4.69) is 52.4 Å². The van der Waals surface area contributed by atoms with E-state index in [4.69, 9.17) is 4.74 Å². The summed E-state index contributed by atoms with van der Waals surface area (Å²) in [6.07, 6.45) is 7.83. The van der Waals surface area contributed by atoms with Crippen molar-refractivity contribution >= 4 is 22.5 Å². The Balaban J connectivity index is 1.53. The third-order valence-corrected chi connectivity index (χ3v) is 6.90. The summed E-state index contributed by atoms with van der Waals surface area (Å²) in [5.41, 5.74) is 6.67. The van der Waals surface area contributed by atoms with Crippen molar-refractivity contribution in [2.75, 3.05) is 7.11 Å². The Hall–Kier alpha value is -3.35. The van der Waals surface area contributed by atoms with Gasteiger partial charge in [-0.2, -0.15) is 5.10 Å². The number of nitrogens with one attached hydrogen (secondary N) is 2. The van der Waals surface area contributed by atoms with Crippen LogP contribution in [-0.4, -0.2) is 38.6 Å². The van der Waals surface area contributed by atoms with E-state index in [0.717, 1.165) is 42.5 Å². The average Bonchev–Trinajstić information content (AvgIpc) is 3.42. The molecule has 3 aromatic heterocycles. The molecule has 1 aromatic carbocycles. The summed E-state index contributed by atoms with van der Waals surface area (Å²) in [5, 5.41) is 8.69. The van der Waals surface area contributed by atoms with E-state index < -0.39 is 0 Å². The van der Waals surface area contributed by atoms with Crippen molar-refractivity contribution in [3.8, 4) is 17.0 Å². The van der Waals surface area contributed by atoms with Crippen LogP contribution < -0.4 is 10.1 Å². The van der Waals surface area contributed by atoms with Gasteiger partial charge in [0.05, 0.1) is 12.8 Å². The minimum absolute atomic E-state index is 0.0713. The van der Waals surface area contributed by atoms with Gasteiger partial charge in [-0.25, -0.2) is 9.50 Å². The molecule has 1 aliphatic carbocycles. The van der Waals surface area contributed by atoms with Gasteiger partial charge in [0.25, 0.3) is 0 Å². The molecule has 0 saturated heterocycles. The number of methoxy groups -OCH3 is 1. The number of aromatic amines is 1. The molecular weight excluding hydrogens is 414 g/mol. The fraction of sp³-hybridized carbons (Fsp3) is 0.423. The van der Waals surface area contributed by atoms with Crippen molar-refractivity contribution < 1.29 is 9.53 Å². The number of hydrogen-bond donors (Lipinski definition) is 2. The van der Waals surface area contributed by atoms with Gasteiger partial charge in [0.15, 0.2) is 11.4 Å². The van der Waals surface area contributed by atoms with E-state index in [1.807, 2.05) is 12.3 Å². The second kappa shape index (κ2) is 8.54. The number of carbonyl (C=O) groups excluding carboxylic acids is 1. The number of carbonyl (C=O) groups is 1. The van der Waals surface area contributed by atoms with Crippen molar-refractivity contribution in [1.29, 1.82) is 0 Å². The van der Waals surface area contributed by atoms with Gasteiger partial charge in [0.1, 0.15) is 6.33 Å². The Morgan fingerprint density at radius 1 is 1.21 bits per heavy atom. The van der Waals surface area contributed by atoms with Crippen LogP contribution in [-0.2, 0) is 4.79 Å². The molecule has 4 aromatic rings. The minimum Gasteiger partial charge on any atom is -0.493 e. The first-order chi connectivity index (χ1) is 15.9. The lowest BCUT2D eigenvalue weighted by molar-refractivity contribution is -0.119. The zero-order valence-electron chi connectivity index (χ0n) is 19.7. The molecule has 0 bridgehead atoms. The van der Waals surface area contributed by atoms with Gasteiger partial charge in [0.2, 0.25) is 5.91 Å². The van der Waals surface area contributed by atoms with Crippen LogP contribution in [0, 0.1) is 0 Å². The van der Waals surface area contributed by atoms with Crippen LogP contribution in [0.1, 0.15) is 69.4 Å². The SMILES string of the molecule is COc1cc(-c2[nH]c3ccc(C4CCC(NC(C)=O)CC4)cc3c2C(C)C)cn2ncnc12. The zero-order chi connectivity index (χ0) is 23.1. The fourth-order valence-corrected chi connectivity index (χ4v) is 5.35. The van der Waals surface area contributed by atoms with Gasteiger partial charge in [-0.1, -0.05) is 19.9 Å². The van der Waals surface area contributed by atoms with Crippen LogP contribution in [0.5, 0.6) is 5.75 Å². The number of ether oxygens (including phenoxy) is 1. The molecule has 0 unspecified atom stereocenters. The number of benzene rings is 1. The smallest absolute Gasteiger partial charge is 0.217 e. The van der Waals surface area contributed by atoms with Crippen LogP contribution in [0.3, 0.4) is 0 Å². The molecule has 33 heavy (non-hydrogen) atoms. The first-order valence-electron chi connectivity index (χ1n) is 11.7. The van der Waals surface area contributed by atoms with E-state index >= 15 is 0 Å². The van der Waals surface area contributed by atoms with Crippen molar-refractivity contribution in [2.24, 2.45) is 0 Å². The van der Waals surface area contributed by atoms with Gasteiger partial charge in [-0.3, -0.25) is 4.79 Å². The number of hydrogen-bond acceptors (Lipinski definition) is 4. The Kier molecular flexibility index (Phi) is 5.56. The number of rotatable bonds is 5. The summed E-state index contributed by atoms with van der Waals surface area (Å²) in [6, 6.07) is 9.20. The molecular formula is C26H31N5O2. The maximum Gasteiger partial charge on any atom is 0.217 e. The topological polar surface area (TPSA) is 84.3 Å². The molecule has 0 aliphatic heterocycles. The lowest BCUT2D eigenvalue weighted by atomic mass is 9.81. The number of amides is 1. The predicted octanol–water partition coefficient (Wildman–Crippen LogP) is 5.17. The lowest BCUT2D eigenvalue weighted by Crippen LogP contribution is -2.35. The monoisotopic (exact) mass is 445 g/mol. The summed E-state index contributed by atoms with van der Waals surface area (Å²) in [7, 11) is 1.66. The highest BCUT2D eigenvalue weighted by Gasteiger charge is 2.24. The summed E-state index contributed by atoms with van der Waals surface area (Å²) in [4.78, 5) is 19.4. The zero-order valence-corrected chi connectivity index (χ0v) is 19.7. The van der Waals surface area contributed by atoms with Gasteiger partial charge in [0, 0.05) is 35.6 Å². The molecule has 172 valence electrons. The molecule has 0 spiro atoms. The second-order valence-electron chi connectivity index (χ2n) is 9.45. The van der Waals surface area contributed by atoms with Crippen LogP contribution in [0.4, 0.5) is 0 Å². The molecule has 1 amide bonds. The fourth-order valence-electron chi connectivity index (χ4n) is 5.35. The standard InChI is InChI=1S/C26H31N5O2/c1-15(2)24-21-11-18(17-5-8-20(9-6-17)29-16(3)32)7-10-22(21)30-25(24)19-12-23(33-4)26-27-14-28-31(26)13-19/h7,10-15,17,20,30H,5-6,8-9H2,1-4H3,(H,29,32). The Morgan fingerprint density at radius 3 is 2.70 bits per heavy atom.